The van der Waals surface area contributed by atoms with E-state index in [1.807, 2.05) is 29.1 Å². The lowest BCUT2D eigenvalue weighted by atomic mass is 10.1. The van der Waals surface area contributed by atoms with Gasteiger partial charge in [-0.15, -0.1) is 0 Å². The Balaban J connectivity index is 1.28. The van der Waals surface area contributed by atoms with Gasteiger partial charge >= 0.3 is 0 Å². The van der Waals surface area contributed by atoms with Gasteiger partial charge in [0.25, 0.3) is 5.91 Å². The first-order valence-corrected chi connectivity index (χ1v) is 9.15. The maximum Gasteiger partial charge on any atom is 0.273 e. The molecular weight excluding hydrogens is 362 g/mol. The molecule has 2 aromatic heterocycles. The molecule has 9 heteroatoms. The third-order valence-electron chi connectivity index (χ3n) is 4.92. The molecule has 0 radical (unpaired) electrons. The van der Waals surface area contributed by atoms with Crippen LogP contribution < -0.4 is 14.8 Å². The van der Waals surface area contributed by atoms with Crippen LogP contribution in [0.25, 0.3) is 11.3 Å². The lowest BCUT2D eigenvalue weighted by molar-refractivity contribution is 0.0662. The zero-order valence-corrected chi connectivity index (χ0v) is 15.1. The van der Waals surface area contributed by atoms with E-state index in [1.165, 1.54) is 0 Å². The fourth-order valence-corrected chi connectivity index (χ4v) is 3.39. The van der Waals surface area contributed by atoms with E-state index in [-0.39, 0.29) is 12.7 Å². The lowest BCUT2D eigenvalue weighted by Gasteiger charge is -2.22. The van der Waals surface area contributed by atoms with Crippen LogP contribution >= 0.6 is 0 Å². The SMILES string of the molecule is O=C(Nc1cnn(C2CCOCC2)c1)c1cc(-c2ccc3c(c2)OCO3)n[nH]1. The van der Waals surface area contributed by atoms with Crippen LogP contribution in [0.3, 0.4) is 0 Å². The molecular formula is C19H19N5O4. The van der Waals surface area contributed by atoms with Gasteiger partial charge in [-0.25, -0.2) is 0 Å². The minimum absolute atomic E-state index is 0.217. The van der Waals surface area contributed by atoms with Gasteiger partial charge in [0.05, 0.1) is 23.6 Å². The molecule has 1 amide bonds. The number of nitrogens with one attached hydrogen (secondary N) is 2. The first kappa shape index (κ1) is 16.8. The standard InChI is InChI=1S/C19H19N5O4/c25-19(21-13-9-20-24(10-13)14-3-5-26-6-4-14)16-8-15(22-23-16)12-1-2-17-18(7-12)28-11-27-17/h1-2,7-10,14H,3-6,11H2,(H,21,25)(H,22,23). The largest absolute Gasteiger partial charge is 0.454 e. The number of amides is 1. The van der Waals surface area contributed by atoms with Crippen LogP contribution in [0.5, 0.6) is 11.5 Å². The molecule has 1 saturated heterocycles. The van der Waals surface area contributed by atoms with Gasteiger partial charge in [-0.05, 0) is 37.1 Å². The van der Waals surface area contributed by atoms with Crippen LogP contribution in [-0.2, 0) is 4.74 Å². The van der Waals surface area contributed by atoms with Crippen molar-refractivity contribution in [2.75, 3.05) is 25.3 Å². The van der Waals surface area contributed by atoms with E-state index in [2.05, 4.69) is 20.6 Å². The Kier molecular flexibility index (Phi) is 4.21. The molecule has 144 valence electrons. The van der Waals surface area contributed by atoms with Crippen molar-refractivity contribution in [3.63, 3.8) is 0 Å². The van der Waals surface area contributed by atoms with E-state index in [9.17, 15) is 4.79 Å². The quantitative estimate of drug-likeness (QED) is 0.720. The second-order valence-corrected chi connectivity index (χ2v) is 6.74. The van der Waals surface area contributed by atoms with Crippen LogP contribution in [0, 0.1) is 0 Å². The summed E-state index contributed by atoms with van der Waals surface area (Å²) in [6, 6.07) is 7.57. The number of ether oxygens (including phenoxy) is 3. The highest BCUT2D eigenvalue weighted by molar-refractivity contribution is 6.03. The molecule has 4 heterocycles. The van der Waals surface area contributed by atoms with Crippen molar-refractivity contribution < 1.29 is 19.0 Å². The zero-order valence-electron chi connectivity index (χ0n) is 15.1. The highest BCUT2D eigenvalue weighted by Gasteiger charge is 2.19. The van der Waals surface area contributed by atoms with Crippen LogP contribution in [-0.4, -0.2) is 45.9 Å². The Morgan fingerprint density at radius 1 is 1.18 bits per heavy atom. The summed E-state index contributed by atoms with van der Waals surface area (Å²) in [5, 5.41) is 14.2. The topological polar surface area (TPSA) is 103 Å². The average Bonchev–Trinajstić information content (AvgIpc) is 3.48. The van der Waals surface area contributed by atoms with Crippen molar-refractivity contribution >= 4 is 11.6 Å². The molecule has 0 bridgehead atoms. The number of rotatable bonds is 4. The molecule has 2 aliphatic rings. The number of carbonyl (C=O) groups is 1. The van der Waals surface area contributed by atoms with Gasteiger partial charge in [0.15, 0.2) is 11.5 Å². The normalized spacial score (nSPS) is 16.3. The molecule has 2 aliphatic heterocycles. The van der Waals surface area contributed by atoms with Crippen molar-refractivity contribution in [2.24, 2.45) is 0 Å². The Morgan fingerprint density at radius 2 is 2.04 bits per heavy atom. The average molecular weight is 381 g/mol. The predicted molar refractivity (Wildman–Crippen MR) is 99.4 cm³/mol. The molecule has 1 aromatic carbocycles. The highest BCUT2D eigenvalue weighted by atomic mass is 16.7. The van der Waals surface area contributed by atoms with E-state index in [0.29, 0.717) is 34.6 Å². The summed E-state index contributed by atoms with van der Waals surface area (Å²) >= 11 is 0. The second kappa shape index (κ2) is 7.01. The number of aromatic nitrogens is 4. The summed E-state index contributed by atoms with van der Waals surface area (Å²) in [5.74, 6) is 1.11. The summed E-state index contributed by atoms with van der Waals surface area (Å²) in [6.45, 7) is 1.70. The zero-order chi connectivity index (χ0) is 18.9. The van der Waals surface area contributed by atoms with Gasteiger partial charge in [0.1, 0.15) is 5.69 Å². The molecule has 0 unspecified atom stereocenters. The third-order valence-corrected chi connectivity index (χ3v) is 4.92. The maximum absolute atomic E-state index is 12.5. The van der Waals surface area contributed by atoms with E-state index < -0.39 is 0 Å². The van der Waals surface area contributed by atoms with Crippen molar-refractivity contribution in [3.05, 3.63) is 42.4 Å². The Morgan fingerprint density at radius 3 is 2.93 bits per heavy atom. The number of anilines is 1. The lowest BCUT2D eigenvalue weighted by Crippen LogP contribution is -2.19. The number of carbonyl (C=O) groups excluding carboxylic acids is 1. The molecule has 0 spiro atoms. The number of H-pyrrole nitrogens is 1. The number of hydrogen-bond donors (Lipinski definition) is 2. The molecule has 0 atom stereocenters. The predicted octanol–water partition coefficient (Wildman–Crippen LogP) is 2.61. The molecule has 0 saturated carbocycles. The van der Waals surface area contributed by atoms with Gasteiger partial charge in [0, 0.05) is 25.0 Å². The number of nitrogens with zero attached hydrogens (tertiary/aromatic N) is 3. The van der Waals surface area contributed by atoms with Crippen LogP contribution in [0.15, 0.2) is 36.7 Å². The maximum atomic E-state index is 12.5. The van der Waals surface area contributed by atoms with E-state index >= 15 is 0 Å². The molecule has 2 N–H and O–H groups in total. The molecule has 28 heavy (non-hydrogen) atoms. The molecule has 1 fully saturated rings. The fraction of sp³-hybridized carbons (Fsp3) is 0.316. The highest BCUT2D eigenvalue weighted by Crippen LogP contribution is 2.35. The van der Waals surface area contributed by atoms with Crippen molar-refractivity contribution in [3.8, 4) is 22.8 Å². The van der Waals surface area contributed by atoms with Crippen LogP contribution in [0.2, 0.25) is 0 Å². The monoisotopic (exact) mass is 381 g/mol. The number of aromatic amines is 1. The van der Waals surface area contributed by atoms with Gasteiger partial charge in [0.2, 0.25) is 6.79 Å². The summed E-state index contributed by atoms with van der Waals surface area (Å²) in [5.41, 5.74) is 2.51. The molecule has 3 aromatic rings. The second-order valence-electron chi connectivity index (χ2n) is 6.74. The third kappa shape index (κ3) is 3.20. The Hall–Kier alpha value is -3.33. The van der Waals surface area contributed by atoms with Gasteiger partial charge in [-0.1, -0.05) is 0 Å². The van der Waals surface area contributed by atoms with Crippen molar-refractivity contribution in [2.45, 2.75) is 18.9 Å². The van der Waals surface area contributed by atoms with Gasteiger partial charge < -0.3 is 19.5 Å². The van der Waals surface area contributed by atoms with Crippen molar-refractivity contribution in [1.82, 2.24) is 20.0 Å². The summed E-state index contributed by atoms with van der Waals surface area (Å²) in [7, 11) is 0. The van der Waals surface area contributed by atoms with Crippen LogP contribution in [0.1, 0.15) is 29.4 Å². The van der Waals surface area contributed by atoms with E-state index in [1.54, 1.807) is 12.3 Å². The summed E-state index contributed by atoms with van der Waals surface area (Å²) in [4.78, 5) is 12.5. The molecule has 9 nitrogen and oxygen atoms in total. The number of fused-ring (bicyclic) bond motifs is 1. The van der Waals surface area contributed by atoms with E-state index in [4.69, 9.17) is 14.2 Å². The van der Waals surface area contributed by atoms with Crippen LogP contribution in [0.4, 0.5) is 5.69 Å². The van der Waals surface area contributed by atoms with E-state index in [0.717, 1.165) is 31.6 Å². The number of hydrogen-bond acceptors (Lipinski definition) is 6. The summed E-state index contributed by atoms with van der Waals surface area (Å²) in [6.07, 6.45) is 5.36. The van der Waals surface area contributed by atoms with Crippen molar-refractivity contribution in [1.29, 1.82) is 0 Å². The molecule has 0 aliphatic carbocycles. The smallest absolute Gasteiger partial charge is 0.273 e. The van der Waals surface area contributed by atoms with Gasteiger partial charge in [-0.3, -0.25) is 14.6 Å². The minimum atomic E-state index is -0.272. The first-order valence-electron chi connectivity index (χ1n) is 9.15. The van der Waals surface area contributed by atoms with Gasteiger partial charge in [-0.2, -0.15) is 10.2 Å². The first-order chi connectivity index (χ1) is 13.8. The minimum Gasteiger partial charge on any atom is -0.454 e. The molecule has 5 rings (SSSR count). The number of benzene rings is 1. The Labute approximate surface area is 160 Å². The Bertz CT molecular complexity index is 1010. The fourth-order valence-electron chi connectivity index (χ4n) is 3.39. The summed E-state index contributed by atoms with van der Waals surface area (Å²) < 4.78 is 18.0.